The summed E-state index contributed by atoms with van der Waals surface area (Å²) in [6, 6.07) is 2.97. The summed E-state index contributed by atoms with van der Waals surface area (Å²) in [5.74, 6) is 0.492. The Kier molecular flexibility index (Phi) is 12.2. The number of hydrogen-bond acceptors (Lipinski definition) is 10. The summed E-state index contributed by atoms with van der Waals surface area (Å²) in [4.78, 5) is 50.7. The molecule has 0 saturated carbocycles. The molecule has 1 unspecified atom stereocenters. The molecule has 2 aliphatic heterocycles. The Morgan fingerprint density at radius 3 is 2.46 bits per heavy atom. The standard InChI is InChI=1S/C26H35N7O6.2ClH/c1-14-21(28-13-20(25(36)37)32-26(38)39-15(2)24(34)35)29-16(3)30-23(14)33-11-8-17(9-12-33)19-7-6-18-5-4-10-27-22(18)31-19;;/h6-7,15,17,20H,4-5,8-13H2,1-3H3,(H,27,31)(H,32,38)(H,34,35)(H,36,37)(H,28,29,30);2*1H/t15?,20-;;/m0../s1. The zero-order chi connectivity index (χ0) is 28.1. The van der Waals surface area contributed by atoms with Gasteiger partial charge in [-0.1, -0.05) is 6.07 Å². The fourth-order valence-corrected chi connectivity index (χ4v) is 4.84. The fourth-order valence-electron chi connectivity index (χ4n) is 4.84. The van der Waals surface area contributed by atoms with Crippen LogP contribution in [-0.2, 0) is 20.7 Å². The average Bonchev–Trinajstić information content (AvgIpc) is 2.92. The van der Waals surface area contributed by atoms with Gasteiger partial charge in [-0.3, -0.25) is 0 Å². The van der Waals surface area contributed by atoms with E-state index in [0.717, 1.165) is 68.2 Å². The summed E-state index contributed by atoms with van der Waals surface area (Å²) in [6.07, 6.45) is 1.51. The third kappa shape index (κ3) is 8.46. The maximum atomic E-state index is 11.9. The van der Waals surface area contributed by atoms with Gasteiger partial charge in [0.25, 0.3) is 0 Å². The largest absolute Gasteiger partial charge is 0.480 e. The molecule has 5 N–H and O–H groups in total. The van der Waals surface area contributed by atoms with Crippen molar-refractivity contribution < 1.29 is 29.3 Å². The molecule has 226 valence electrons. The summed E-state index contributed by atoms with van der Waals surface area (Å²) in [6.45, 7) is 7.16. The maximum absolute atomic E-state index is 11.9. The molecule has 2 atom stereocenters. The van der Waals surface area contributed by atoms with E-state index >= 15 is 0 Å². The van der Waals surface area contributed by atoms with Crippen molar-refractivity contribution in [1.29, 1.82) is 0 Å². The second kappa shape index (κ2) is 14.9. The van der Waals surface area contributed by atoms with Gasteiger partial charge < -0.3 is 35.8 Å². The lowest BCUT2D eigenvalue weighted by molar-refractivity contribution is -0.145. The van der Waals surface area contributed by atoms with Gasteiger partial charge in [0, 0.05) is 43.4 Å². The van der Waals surface area contributed by atoms with E-state index in [-0.39, 0.29) is 31.4 Å². The van der Waals surface area contributed by atoms with Crippen LogP contribution in [0, 0.1) is 13.8 Å². The monoisotopic (exact) mass is 613 g/mol. The molecule has 0 aliphatic carbocycles. The Bertz CT molecular complexity index is 1240. The number of nitrogens with one attached hydrogen (secondary N) is 3. The maximum Gasteiger partial charge on any atom is 0.408 e. The number of rotatable bonds is 9. The highest BCUT2D eigenvalue weighted by Gasteiger charge is 2.27. The number of anilines is 3. The molecule has 2 aliphatic rings. The van der Waals surface area contributed by atoms with Gasteiger partial charge in [-0.15, -0.1) is 24.8 Å². The van der Waals surface area contributed by atoms with Gasteiger partial charge in [-0.05, 0) is 58.1 Å². The van der Waals surface area contributed by atoms with Gasteiger partial charge in [0.1, 0.15) is 29.3 Å². The third-order valence-electron chi connectivity index (χ3n) is 7.06. The van der Waals surface area contributed by atoms with Crippen LogP contribution < -0.4 is 20.9 Å². The Morgan fingerprint density at radius 2 is 1.80 bits per heavy atom. The van der Waals surface area contributed by atoms with E-state index in [2.05, 4.69) is 47.7 Å². The number of hydrogen-bond donors (Lipinski definition) is 5. The number of ether oxygens (including phenoxy) is 1. The molecule has 0 spiro atoms. The lowest BCUT2D eigenvalue weighted by Gasteiger charge is -2.34. The number of pyridine rings is 1. The van der Waals surface area contributed by atoms with E-state index in [0.29, 0.717) is 17.6 Å². The highest BCUT2D eigenvalue weighted by molar-refractivity contribution is 5.85. The van der Waals surface area contributed by atoms with Crippen LogP contribution >= 0.6 is 24.8 Å². The number of carbonyl (C=O) groups excluding carboxylic acids is 1. The van der Waals surface area contributed by atoms with Crippen molar-refractivity contribution in [1.82, 2.24) is 20.3 Å². The molecule has 1 saturated heterocycles. The van der Waals surface area contributed by atoms with Crippen LogP contribution in [0.3, 0.4) is 0 Å². The number of aromatic nitrogens is 3. The predicted molar refractivity (Wildman–Crippen MR) is 158 cm³/mol. The van der Waals surface area contributed by atoms with Crippen molar-refractivity contribution in [3.8, 4) is 0 Å². The van der Waals surface area contributed by atoms with Gasteiger partial charge in [0.05, 0.1) is 0 Å². The topological polar surface area (TPSA) is 179 Å². The minimum Gasteiger partial charge on any atom is -0.480 e. The first-order valence-electron chi connectivity index (χ1n) is 13.1. The minimum atomic E-state index is -1.41. The molecule has 13 nitrogen and oxygen atoms in total. The summed E-state index contributed by atoms with van der Waals surface area (Å²) in [7, 11) is 0. The SMILES string of the molecule is Cc1nc(NC[C@H](NC(=O)OC(C)C(=O)O)C(=O)O)c(C)c(N2CCC(c3ccc4c(n3)NCCC4)CC2)n1.Cl.Cl. The van der Waals surface area contributed by atoms with Crippen LogP contribution in [-0.4, -0.2) is 81.5 Å². The number of aryl methyl sites for hydroxylation is 2. The number of carbonyl (C=O) groups is 3. The smallest absolute Gasteiger partial charge is 0.408 e. The van der Waals surface area contributed by atoms with Crippen LogP contribution in [0.5, 0.6) is 0 Å². The van der Waals surface area contributed by atoms with E-state index in [1.165, 1.54) is 12.5 Å². The van der Waals surface area contributed by atoms with E-state index in [1.807, 2.05) is 6.92 Å². The van der Waals surface area contributed by atoms with Gasteiger partial charge >= 0.3 is 18.0 Å². The molecular formula is C26H37Cl2N7O6. The van der Waals surface area contributed by atoms with Gasteiger partial charge in [0.2, 0.25) is 0 Å². The first kappa shape index (κ1) is 33.6. The molecule has 0 bridgehead atoms. The summed E-state index contributed by atoms with van der Waals surface area (Å²) in [5, 5.41) is 27.0. The second-order valence-corrected chi connectivity index (χ2v) is 9.91. The molecule has 1 amide bonds. The van der Waals surface area contributed by atoms with Crippen molar-refractivity contribution in [2.45, 2.75) is 64.5 Å². The normalized spacial score (nSPS) is 16.0. The lowest BCUT2D eigenvalue weighted by atomic mass is 9.92. The number of aliphatic carboxylic acids is 2. The van der Waals surface area contributed by atoms with E-state index in [4.69, 9.17) is 10.1 Å². The fraction of sp³-hybridized carbons (Fsp3) is 0.538. The third-order valence-corrected chi connectivity index (χ3v) is 7.06. The van der Waals surface area contributed by atoms with Gasteiger partial charge in [0.15, 0.2) is 6.10 Å². The van der Waals surface area contributed by atoms with Crippen molar-refractivity contribution >= 4 is 60.3 Å². The Balaban J connectivity index is 0.00000294. The molecule has 4 rings (SSSR count). The first-order valence-corrected chi connectivity index (χ1v) is 13.1. The molecule has 0 aromatic carbocycles. The summed E-state index contributed by atoms with van der Waals surface area (Å²) >= 11 is 0. The number of alkyl carbamates (subject to hydrolysis) is 1. The highest BCUT2D eigenvalue weighted by atomic mass is 35.5. The second-order valence-electron chi connectivity index (χ2n) is 9.91. The van der Waals surface area contributed by atoms with Crippen molar-refractivity contribution in [2.24, 2.45) is 0 Å². The van der Waals surface area contributed by atoms with E-state index < -0.39 is 30.2 Å². The van der Waals surface area contributed by atoms with Gasteiger partial charge in [-0.25, -0.2) is 29.3 Å². The van der Waals surface area contributed by atoms with Gasteiger partial charge in [-0.2, -0.15) is 0 Å². The van der Waals surface area contributed by atoms with E-state index in [9.17, 15) is 19.5 Å². The van der Waals surface area contributed by atoms with Crippen LogP contribution in [0.2, 0.25) is 0 Å². The van der Waals surface area contributed by atoms with Crippen molar-refractivity contribution in [2.75, 3.05) is 41.7 Å². The molecule has 1 fully saturated rings. The molecule has 2 aromatic heterocycles. The molecular weight excluding hydrogens is 577 g/mol. The molecule has 41 heavy (non-hydrogen) atoms. The number of nitrogens with zero attached hydrogens (tertiary/aromatic N) is 4. The van der Waals surface area contributed by atoms with Crippen LogP contribution in [0.15, 0.2) is 12.1 Å². The van der Waals surface area contributed by atoms with Crippen LogP contribution in [0.1, 0.15) is 54.7 Å². The molecule has 15 heteroatoms. The molecule has 2 aromatic rings. The minimum absolute atomic E-state index is 0. The number of piperidine rings is 1. The zero-order valence-electron chi connectivity index (χ0n) is 23.2. The number of fused-ring (bicyclic) bond motifs is 1. The predicted octanol–water partition coefficient (Wildman–Crippen LogP) is 3.14. The highest BCUT2D eigenvalue weighted by Crippen LogP contribution is 2.33. The van der Waals surface area contributed by atoms with Crippen molar-refractivity contribution in [3.05, 3.63) is 34.8 Å². The quantitative estimate of drug-likeness (QED) is 0.279. The Morgan fingerprint density at radius 1 is 1.10 bits per heavy atom. The van der Waals surface area contributed by atoms with Crippen LogP contribution in [0.25, 0.3) is 0 Å². The number of halogens is 2. The summed E-state index contributed by atoms with van der Waals surface area (Å²) < 4.78 is 4.67. The van der Waals surface area contributed by atoms with Crippen molar-refractivity contribution in [3.63, 3.8) is 0 Å². The Hall–Kier alpha value is -3.58. The lowest BCUT2D eigenvalue weighted by Crippen LogP contribution is -2.46. The number of amides is 1. The van der Waals surface area contributed by atoms with Crippen LogP contribution in [0.4, 0.5) is 22.2 Å². The Labute approximate surface area is 250 Å². The number of carboxylic acid groups (broad SMARTS) is 2. The van der Waals surface area contributed by atoms with E-state index in [1.54, 1.807) is 6.92 Å². The average molecular weight is 615 g/mol. The molecule has 4 heterocycles. The molecule has 0 radical (unpaired) electrons. The number of carboxylic acids is 2. The first-order chi connectivity index (χ1) is 18.6. The summed E-state index contributed by atoms with van der Waals surface area (Å²) in [5.41, 5.74) is 3.16. The zero-order valence-corrected chi connectivity index (χ0v) is 24.8.